The number of rotatable bonds is 2. The normalized spacial score (nSPS) is 13.6. The molecular formula is C14H9N3O5. The van der Waals surface area contributed by atoms with Crippen LogP contribution in [0.15, 0.2) is 30.3 Å². The van der Waals surface area contributed by atoms with E-state index in [0.29, 0.717) is 15.7 Å². The van der Waals surface area contributed by atoms with E-state index < -0.39 is 29.2 Å². The van der Waals surface area contributed by atoms with Gasteiger partial charge in [0.25, 0.3) is 17.5 Å². The molecule has 1 aliphatic rings. The second kappa shape index (κ2) is 4.71. The Labute approximate surface area is 123 Å². The molecule has 8 heteroatoms. The quantitative estimate of drug-likeness (QED) is 0.497. The van der Waals surface area contributed by atoms with Crippen molar-refractivity contribution in [3.63, 3.8) is 0 Å². The van der Waals surface area contributed by atoms with E-state index in [4.69, 9.17) is 5.73 Å². The lowest BCUT2D eigenvalue weighted by Gasteiger charge is -2.25. The van der Waals surface area contributed by atoms with Crippen molar-refractivity contribution in [3.8, 4) is 0 Å². The fourth-order valence-electron chi connectivity index (χ4n) is 2.52. The van der Waals surface area contributed by atoms with Crippen molar-refractivity contribution in [2.24, 2.45) is 5.73 Å². The van der Waals surface area contributed by atoms with E-state index in [1.54, 1.807) is 6.07 Å². The summed E-state index contributed by atoms with van der Waals surface area (Å²) in [6, 6.07) is 6.91. The van der Waals surface area contributed by atoms with E-state index >= 15 is 0 Å². The Bertz CT molecular complexity index is 874. The molecule has 0 aliphatic carbocycles. The van der Waals surface area contributed by atoms with Crippen LogP contribution in [0.3, 0.4) is 0 Å². The molecule has 0 aromatic heterocycles. The molecule has 1 heterocycles. The fourth-order valence-corrected chi connectivity index (χ4v) is 2.52. The minimum Gasteiger partial charge on any atom is -0.322 e. The first-order valence-corrected chi connectivity index (χ1v) is 6.28. The number of nitrogens with two attached hydrogens (primary N) is 1. The lowest BCUT2D eigenvalue weighted by atomic mass is 9.93. The third-order valence-corrected chi connectivity index (χ3v) is 3.46. The molecule has 1 aliphatic heterocycles. The Morgan fingerprint density at radius 2 is 1.86 bits per heavy atom. The molecule has 3 rings (SSSR count). The smallest absolute Gasteiger partial charge is 0.270 e. The number of amides is 3. The zero-order valence-corrected chi connectivity index (χ0v) is 11.1. The molecule has 2 N–H and O–H groups in total. The summed E-state index contributed by atoms with van der Waals surface area (Å²) in [5.41, 5.74) is 5.02. The largest absolute Gasteiger partial charge is 0.322 e. The molecule has 110 valence electrons. The highest BCUT2D eigenvalue weighted by Crippen LogP contribution is 2.33. The van der Waals surface area contributed by atoms with Gasteiger partial charge in [0.1, 0.15) is 0 Å². The molecule has 0 bridgehead atoms. The van der Waals surface area contributed by atoms with E-state index in [0.717, 1.165) is 6.07 Å². The van der Waals surface area contributed by atoms with Crippen molar-refractivity contribution in [2.45, 2.75) is 0 Å². The Morgan fingerprint density at radius 1 is 1.18 bits per heavy atom. The van der Waals surface area contributed by atoms with E-state index in [1.165, 1.54) is 18.2 Å². The first-order valence-electron chi connectivity index (χ1n) is 6.28. The first kappa shape index (κ1) is 13.8. The number of hydrogen-bond donors (Lipinski definition) is 1. The lowest BCUT2D eigenvalue weighted by Crippen LogP contribution is -2.47. The highest BCUT2D eigenvalue weighted by atomic mass is 16.6. The van der Waals surface area contributed by atoms with Gasteiger partial charge in [0, 0.05) is 23.1 Å². The minimum absolute atomic E-state index is 0.0544. The van der Waals surface area contributed by atoms with Gasteiger partial charge in [0.2, 0.25) is 5.91 Å². The van der Waals surface area contributed by atoms with Gasteiger partial charge in [-0.2, -0.15) is 0 Å². The number of nitro groups is 1. The van der Waals surface area contributed by atoms with Crippen molar-refractivity contribution in [1.29, 1.82) is 0 Å². The summed E-state index contributed by atoms with van der Waals surface area (Å²) in [6.07, 6.45) is 0. The second-order valence-electron chi connectivity index (χ2n) is 4.70. The maximum Gasteiger partial charge on any atom is 0.270 e. The molecule has 2 aromatic carbocycles. The highest BCUT2D eigenvalue weighted by molar-refractivity contribution is 6.31. The average molecular weight is 299 g/mol. The zero-order valence-electron chi connectivity index (χ0n) is 11.1. The van der Waals surface area contributed by atoms with Gasteiger partial charge >= 0.3 is 0 Å². The first-order chi connectivity index (χ1) is 10.5. The third-order valence-electron chi connectivity index (χ3n) is 3.46. The summed E-state index contributed by atoms with van der Waals surface area (Å²) in [7, 11) is 0. The molecule has 0 saturated heterocycles. The Morgan fingerprint density at radius 3 is 2.50 bits per heavy atom. The van der Waals surface area contributed by atoms with Crippen LogP contribution >= 0.6 is 0 Å². The molecule has 0 spiro atoms. The lowest BCUT2D eigenvalue weighted by molar-refractivity contribution is -0.384. The van der Waals surface area contributed by atoms with Gasteiger partial charge in [-0.25, -0.2) is 4.90 Å². The molecule has 2 aromatic rings. The number of imide groups is 3. The summed E-state index contributed by atoms with van der Waals surface area (Å²) in [6.45, 7) is -0.516. The summed E-state index contributed by atoms with van der Waals surface area (Å²) >= 11 is 0. The summed E-state index contributed by atoms with van der Waals surface area (Å²) in [5.74, 6) is -2.52. The standard InChI is InChI=1S/C14H9N3O5/c15-6-11(18)16-13(19)9-3-1-2-7-4-8(17(21)22)5-10(12(7)9)14(16)20/h1-5H,6,15H2. The van der Waals surface area contributed by atoms with Gasteiger partial charge < -0.3 is 5.73 Å². The summed E-state index contributed by atoms with van der Waals surface area (Å²) in [4.78, 5) is 47.3. The summed E-state index contributed by atoms with van der Waals surface area (Å²) < 4.78 is 0. The topological polar surface area (TPSA) is 124 Å². The second-order valence-corrected chi connectivity index (χ2v) is 4.70. The van der Waals surface area contributed by atoms with Crippen molar-refractivity contribution in [3.05, 3.63) is 51.6 Å². The van der Waals surface area contributed by atoms with Gasteiger partial charge in [-0.05, 0) is 11.5 Å². The van der Waals surface area contributed by atoms with Crippen molar-refractivity contribution < 1.29 is 19.3 Å². The number of nitrogens with zero attached hydrogens (tertiary/aromatic N) is 2. The number of nitro benzene ring substituents is 1. The average Bonchev–Trinajstić information content (AvgIpc) is 2.51. The molecular weight excluding hydrogens is 290 g/mol. The van der Waals surface area contributed by atoms with Crippen LogP contribution in [-0.4, -0.2) is 34.1 Å². The van der Waals surface area contributed by atoms with Gasteiger partial charge in [-0.1, -0.05) is 12.1 Å². The van der Waals surface area contributed by atoms with Crippen LogP contribution in [0.4, 0.5) is 5.69 Å². The number of non-ortho nitro benzene ring substituents is 1. The molecule has 0 atom stereocenters. The SMILES string of the molecule is NCC(=O)N1C(=O)c2cccc3cc([N+](=O)[O-])cc(c23)C1=O. The van der Waals surface area contributed by atoms with E-state index in [9.17, 15) is 24.5 Å². The predicted octanol–water partition coefficient (Wildman–Crippen LogP) is 0.829. The monoisotopic (exact) mass is 299 g/mol. The van der Waals surface area contributed by atoms with Crippen LogP contribution in [0.25, 0.3) is 10.8 Å². The Hall–Kier alpha value is -3.13. The fraction of sp³-hybridized carbons (Fsp3) is 0.0714. The zero-order chi connectivity index (χ0) is 16.0. The molecule has 0 radical (unpaired) electrons. The van der Waals surface area contributed by atoms with Crippen LogP contribution < -0.4 is 5.73 Å². The maximum absolute atomic E-state index is 12.4. The number of carbonyl (C=O) groups excluding carboxylic acids is 3. The number of hydrogen-bond acceptors (Lipinski definition) is 6. The highest BCUT2D eigenvalue weighted by Gasteiger charge is 2.37. The van der Waals surface area contributed by atoms with Crippen LogP contribution in [-0.2, 0) is 4.79 Å². The maximum atomic E-state index is 12.4. The summed E-state index contributed by atoms with van der Waals surface area (Å²) in [5, 5.41) is 11.7. The van der Waals surface area contributed by atoms with Crippen LogP contribution in [0.1, 0.15) is 20.7 Å². The van der Waals surface area contributed by atoms with Gasteiger partial charge in [-0.3, -0.25) is 24.5 Å². The minimum atomic E-state index is -0.896. The van der Waals surface area contributed by atoms with Crippen molar-refractivity contribution >= 4 is 34.2 Å². The Balaban J connectivity index is 2.37. The van der Waals surface area contributed by atoms with Gasteiger partial charge in [-0.15, -0.1) is 0 Å². The van der Waals surface area contributed by atoms with Crippen molar-refractivity contribution in [1.82, 2.24) is 4.90 Å². The van der Waals surface area contributed by atoms with E-state index in [1.807, 2.05) is 0 Å². The molecule has 8 nitrogen and oxygen atoms in total. The van der Waals surface area contributed by atoms with Crippen LogP contribution in [0.5, 0.6) is 0 Å². The Kier molecular flexibility index (Phi) is 2.96. The number of benzene rings is 2. The molecule has 0 saturated carbocycles. The molecule has 3 amide bonds. The van der Waals surface area contributed by atoms with Crippen LogP contribution in [0, 0.1) is 10.1 Å². The van der Waals surface area contributed by atoms with Gasteiger partial charge in [0.15, 0.2) is 0 Å². The molecule has 0 unspecified atom stereocenters. The van der Waals surface area contributed by atoms with Crippen LogP contribution in [0.2, 0.25) is 0 Å². The molecule has 22 heavy (non-hydrogen) atoms. The number of carbonyl (C=O) groups is 3. The molecule has 0 fully saturated rings. The predicted molar refractivity (Wildman–Crippen MR) is 75.2 cm³/mol. The van der Waals surface area contributed by atoms with Gasteiger partial charge in [0.05, 0.1) is 17.0 Å². The third kappa shape index (κ3) is 1.78. The van der Waals surface area contributed by atoms with Crippen molar-refractivity contribution in [2.75, 3.05) is 6.54 Å². The van der Waals surface area contributed by atoms with E-state index in [-0.39, 0.29) is 16.8 Å². The van der Waals surface area contributed by atoms with E-state index in [2.05, 4.69) is 0 Å².